The van der Waals surface area contributed by atoms with Gasteiger partial charge in [-0.1, -0.05) is 48.4 Å². The molecule has 2 nitrogen and oxygen atoms in total. The minimum atomic E-state index is 0.291. The van der Waals surface area contributed by atoms with Crippen molar-refractivity contribution in [2.75, 3.05) is 5.75 Å². The van der Waals surface area contributed by atoms with Crippen LogP contribution in [0.4, 0.5) is 0 Å². The van der Waals surface area contributed by atoms with Gasteiger partial charge in [0.25, 0.3) is 0 Å². The van der Waals surface area contributed by atoms with Gasteiger partial charge in [-0.25, -0.2) is 0 Å². The van der Waals surface area contributed by atoms with Crippen molar-refractivity contribution < 1.29 is 4.74 Å². The lowest BCUT2D eigenvalue weighted by atomic mass is 10.2. The van der Waals surface area contributed by atoms with Crippen molar-refractivity contribution in [3.63, 3.8) is 0 Å². The molecule has 0 heterocycles. The molecule has 2 rings (SSSR count). The van der Waals surface area contributed by atoms with Crippen molar-refractivity contribution in [1.82, 2.24) is 0 Å². The molecule has 2 aromatic carbocycles. The summed E-state index contributed by atoms with van der Waals surface area (Å²) >= 11 is 18.9. The highest BCUT2D eigenvalue weighted by atomic mass is 35.5. The second-order valence-corrected chi connectivity index (χ2v) is 6.69. The first-order chi connectivity index (χ1) is 10.0. The molecule has 110 valence electrons. The first-order valence-electron chi connectivity index (χ1n) is 6.21. The predicted molar refractivity (Wildman–Crippen MR) is 95.3 cm³/mol. The number of hydrogen-bond donors (Lipinski definition) is 1. The van der Waals surface area contributed by atoms with Crippen LogP contribution >= 0.6 is 47.2 Å². The average Bonchev–Trinajstić information content (AvgIpc) is 2.43. The van der Waals surface area contributed by atoms with Crippen molar-refractivity contribution >= 4 is 52.2 Å². The molecule has 0 aliphatic carbocycles. The van der Waals surface area contributed by atoms with Crippen LogP contribution in [-0.2, 0) is 0 Å². The van der Waals surface area contributed by atoms with Crippen LogP contribution in [0.3, 0.4) is 0 Å². The first-order valence-corrected chi connectivity index (χ1v) is 8.36. The largest absolute Gasteiger partial charge is 0.455 e. The number of thiocarbonyl (C=S) groups is 1. The quantitative estimate of drug-likeness (QED) is 0.563. The van der Waals surface area contributed by atoms with Gasteiger partial charge in [-0.2, -0.15) is 0 Å². The summed E-state index contributed by atoms with van der Waals surface area (Å²) in [5.41, 5.74) is 6.56. The maximum absolute atomic E-state index is 6.13. The molecule has 0 atom stereocenters. The Hall–Kier alpha value is -0.940. The lowest BCUT2D eigenvalue weighted by Crippen LogP contribution is -2.12. The highest BCUT2D eigenvalue weighted by Gasteiger charge is 2.14. The third-order valence-electron chi connectivity index (χ3n) is 2.65. The van der Waals surface area contributed by atoms with E-state index in [9.17, 15) is 0 Å². The van der Waals surface area contributed by atoms with Gasteiger partial charge in [-0.05, 0) is 30.0 Å². The van der Waals surface area contributed by atoms with Gasteiger partial charge in [0.05, 0.1) is 10.6 Å². The minimum Gasteiger partial charge on any atom is -0.455 e. The third-order valence-corrected chi connectivity index (χ3v) is 4.34. The van der Waals surface area contributed by atoms with E-state index in [1.54, 1.807) is 30.0 Å². The molecule has 0 spiro atoms. The van der Waals surface area contributed by atoms with E-state index in [4.69, 9.17) is 45.9 Å². The van der Waals surface area contributed by atoms with E-state index >= 15 is 0 Å². The van der Waals surface area contributed by atoms with Gasteiger partial charge in [0.2, 0.25) is 0 Å². The molecule has 0 bridgehead atoms. The molecule has 0 aliphatic heterocycles. The highest BCUT2D eigenvalue weighted by Crippen LogP contribution is 2.36. The van der Waals surface area contributed by atoms with Gasteiger partial charge in [-0.15, -0.1) is 11.8 Å². The second-order valence-electron chi connectivity index (χ2n) is 4.10. The summed E-state index contributed by atoms with van der Waals surface area (Å²) in [4.78, 5) is 1.28. The van der Waals surface area contributed by atoms with E-state index in [0.29, 0.717) is 26.5 Å². The SMILES string of the molecule is CCSc1cccc(Oc2cc(Cl)ccc2Cl)c1C(N)=S. The van der Waals surface area contributed by atoms with Crippen LogP contribution in [0.1, 0.15) is 12.5 Å². The Morgan fingerprint density at radius 3 is 2.67 bits per heavy atom. The van der Waals surface area contributed by atoms with E-state index in [0.717, 1.165) is 16.2 Å². The van der Waals surface area contributed by atoms with E-state index < -0.39 is 0 Å². The summed E-state index contributed by atoms with van der Waals surface area (Å²) < 4.78 is 5.87. The summed E-state index contributed by atoms with van der Waals surface area (Å²) in [6, 6.07) is 10.7. The summed E-state index contributed by atoms with van der Waals surface area (Å²) in [5.74, 6) is 1.96. The van der Waals surface area contributed by atoms with Gasteiger partial charge in [0.15, 0.2) is 0 Å². The lowest BCUT2D eigenvalue weighted by molar-refractivity contribution is 0.480. The topological polar surface area (TPSA) is 35.2 Å². The molecule has 0 fully saturated rings. The number of ether oxygens (including phenoxy) is 1. The standard InChI is InChI=1S/C15H13Cl2NOS2/c1-2-21-13-5-3-4-11(14(13)15(18)20)19-12-8-9(16)6-7-10(12)17/h3-8H,2H2,1H3,(H2,18,20). The van der Waals surface area contributed by atoms with E-state index in [-0.39, 0.29) is 0 Å². The number of halogens is 2. The van der Waals surface area contributed by atoms with Gasteiger partial charge >= 0.3 is 0 Å². The van der Waals surface area contributed by atoms with Crippen LogP contribution in [0.5, 0.6) is 11.5 Å². The van der Waals surface area contributed by atoms with Crippen molar-refractivity contribution in [2.45, 2.75) is 11.8 Å². The molecule has 21 heavy (non-hydrogen) atoms. The second kappa shape index (κ2) is 7.36. The average molecular weight is 358 g/mol. The molecular weight excluding hydrogens is 345 g/mol. The number of rotatable bonds is 5. The van der Waals surface area contributed by atoms with Crippen LogP contribution in [0, 0.1) is 0 Å². The monoisotopic (exact) mass is 357 g/mol. The van der Waals surface area contributed by atoms with Crippen LogP contribution in [-0.4, -0.2) is 10.7 Å². The molecule has 6 heteroatoms. The third kappa shape index (κ3) is 4.04. The maximum atomic E-state index is 6.13. The number of nitrogens with two attached hydrogens (primary N) is 1. The number of thioether (sulfide) groups is 1. The Labute approximate surface area is 143 Å². The molecule has 0 radical (unpaired) electrons. The van der Waals surface area contributed by atoms with Crippen molar-refractivity contribution in [2.24, 2.45) is 5.73 Å². The molecular formula is C15H13Cl2NOS2. The molecule has 0 saturated carbocycles. The molecule has 0 aromatic heterocycles. The Morgan fingerprint density at radius 2 is 2.00 bits per heavy atom. The Kier molecular flexibility index (Phi) is 5.76. The van der Waals surface area contributed by atoms with Gasteiger partial charge < -0.3 is 10.5 Å². The minimum absolute atomic E-state index is 0.291. The zero-order valence-electron chi connectivity index (χ0n) is 11.2. The van der Waals surface area contributed by atoms with Crippen LogP contribution < -0.4 is 10.5 Å². The molecule has 2 aromatic rings. The fourth-order valence-electron chi connectivity index (χ4n) is 1.79. The van der Waals surface area contributed by atoms with Gasteiger partial charge in [-0.3, -0.25) is 0 Å². The van der Waals surface area contributed by atoms with Crippen LogP contribution in [0.15, 0.2) is 41.3 Å². The van der Waals surface area contributed by atoms with Crippen LogP contribution in [0.2, 0.25) is 10.0 Å². The molecule has 0 aliphatic rings. The lowest BCUT2D eigenvalue weighted by Gasteiger charge is -2.14. The summed E-state index contributed by atoms with van der Waals surface area (Å²) in [6.45, 7) is 2.06. The zero-order chi connectivity index (χ0) is 15.4. The fraction of sp³-hybridized carbons (Fsp3) is 0.133. The zero-order valence-corrected chi connectivity index (χ0v) is 14.4. The predicted octanol–water partition coefficient (Wildman–Crippen LogP) is 5.53. The summed E-state index contributed by atoms with van der Waals surface area (Å²) in [5, 5.41) is 1.02. The smallest absolute Gasteiger partial charge is 0.147 e. The molecule has 0 unspecified atom stereocenters. The molecule has 0 saturated heterocycles. The van der Waals surface area contributed by atoms with Gasteiger partial charge in [0.1, 0.15) is 16.5 Å². The Balaban J connectivity index is 2.46. The normalized spacial score (nSPS) is 10.4. The van der Waals surface area contributed by atoms with Crippen molar-refractivity contribution in [1.29, 1.82) is 0 Å². The van der Waals surface area contributed by atoms with Crippen molar-refractivity contribution in [3.05, 3.63) is 52.0 Å². The fourth-order valence-corrected chi connectivity index (χ4v) is 3.22. The number of benzene rings is 2. The first kappa shape index (κ1) is 16.4. The Bertz CT molecular complexity index is 677. The van der Waals surface area contributed by atoms with Gasteiger partial charge in [0, 0.05) is 16.0 Å². The molecule has 2 N–H and O–H groups in total. The van der Waals surface area contributed by atoms with E-state index in [1.807, 2.05) is 18.2 Å². The maximum Gasteiger partial charge on any atom is 0.147 e. The van der Waals surface area contributed by atoms with Crippen molar-refractivity contribution in [3.8, 4) is 11.5 Å². The Morgan fingerprint density at radius 1 is 1.24 bits per heavy atom. The summed E-state index contributed by atoms with van der Waals surface area (Å²) in [6.07, 6.45) is 0. The highest BCUT2D eigenvalue weighted by molar-refractivity contribution is 7.99. The number of hydrogen-bond acceptors (Lipinski definition) is 3. The molecule has 0 amide bonds. The van der Waals surface area contributed by atoms with E-state index in [1.165, 1.54) is 0 Å². The van der Waals surface area contributed by atoms with Crippen LogP contribution in [0.25, 0.3) is 0 Å². The van der Waals surface area contributed by atoms with E-state index in [2.05, 4.69) is 6.92 Å². The summed E-state index contributed by atoms with van der Waals surface area (Å²) in [7, 11) is 0.